The highest BCUT2D eigenvalue weighted by atomic mass is 19.4. The summed E-state index contributed by atoms with van der Waals surface area (Å²) >= 11 is 0. The lowest BCUT2D eigenvalue weighted by Crippen LogP contribution is -2.29. The van der Waals surface area contributed by atoms with Crippen molar-refractivity contribution in [1.82, 2.24) is 0 Å². The predicted octanol–water partition coefficient (Wildman–Crippen LogP) is 2.56. The molecule has 0 saturated heterocycles. The smallest absolute Gasteiger partial charge is 0.316 e. The van der Waals surface area contributed by atoms with Crippen molar-refractivity contribution in [1.29, 1.82) is 0 Å². The molecule has 1 atom stereocenters. The van der Waals surface area contributed by atoms with Crippen LogP contribution in [0.5, 0.6) is 0 Å². The molecule has 13 heavy (non-hydrogen) atoms. The van der Waals surface area contributed by atoms with Crippen LogP contribution in [0.2, 0.25) is 0 Å². The van der Waals surface area contributed by atoms with Gasteiger partial charge in [0.15, 0.2) is 0 Å². The summed E-state index contributed by atoms with van der Waals surface area (Å²) in [5, 5.41) is 0. The lowest BCUT2D eigenvalue weighted by molar-refractivity contribution is -0.149. The molecule has 0 aliphatic heterocycles. The van der Waals surface area contributed by atoms with Crippen LogP contribution in [-0.2, 0) is 0 Å². The number of benzene rings is 1. The maximum absolute atomic E-state index is 12.2. The van der Waals surface area contributed by atoms with Crippen LogP contribution < -0.4 is 5.73 Å². The Bertz CT molecular complexity index is 293. The lowest BCUT2D eigenvalue weighted by atomic mass is 10.0. The average Bonchev–Trinajstić information content (AvgIpc) is 2.02. The number of nitrogens with two attached hydrogens (primary N) is 1. The van der Waals surface area contributed by atoms with Crippen molar-refractivity contribution in [3.63, 3.8) is 0 Å². The van der Waals surface area contributed by atoms with Crippen molar-refractivity contribution in [3.8, 4) is 0 Å². The van der Waals surface area contributed by atoms with Gasteiger partial charge in [-0.05, 0) is 18.1 Å². The minimum Gasteiger partial charge on any atom is -0.316 e. The van der Waals surface area contributed by atoms with Crippen molar-refractivity contribution in [2.45, 2.75) is 19.1 Å². The fraction of sp³-hybridized carbons (Fsp3) is 0.333. The number of hydrogen-bond acceptors (Lipinski definition) is 1. The van der Waals surface area contributed by atoms with Gasteiger partial charge in [0, 0.05) is 0 Å². The maximum Gasteiger partial charge on any atom is 0.407 e. The molecule has 0 aliphatic carbocycles. The van der Waals surface area contributed by atoms with Crippen molar-refractivity contribution >= 4 is 0 Å². The zero-order chi connectivity index (χ0) is 10.1. The molecule has 2 N–H and O–H groups in total. The van der Waals surface area contributed by atoms with Crippen LogP contribution in [0.3, 0.4) is 0 Å². The van der Waals surface area contributed by atoms with Crippen LogP contribution in [0, 0.1) is 6.92 Å². The standard InChI is InChI=1S/C9H10F3N/c1-6-4-2-3-5-7(6)8(13)9(10,11)12/h2-5,8H,13H2,1H3. The highest BCUT2D eigenvalue weighted by Gasteiger charge is 2.38. The fourth-order valence-corrected chi connectivity index (χ4v) is 1.11. The first-order chi connectivity index (χ1) is 5.93. The summed E-state index contributed by atoms with van der Waals surface area (Å²) in [5.41, 5.74) is 5.74. The van der Waals surface area contributed by atoms with Crippen LogP contribution in [-0.4, -0.2) is 6.18 Å². The number of alkyl halides is 3. The number of hydrogen-bond donors (Lipinski definition) is 1. The molecule has 0 fully saturated rings. The second-order valence-corrected chi connectivity index (χ2v) is 2.88. The predicted molar refractivity (Wildman–Crippen MR) is 44.2 cm³/mol. The molecule has 0 amide bonds. The Kier molecular flexibility index (Phi) is 2.61. The van der Waals surface area contributed by atoms with Gasteiger partial charge >= 0.3 is 6.18 Å². The summed E-state index contributed by atoms with van der Waals surface area (Å²) in [5.74, 6) is 0. The van der Waals surface area contributed by atoms with Crippen molar-refractivity contribution < 1.29 is 13.2 Å². The first kappa shape index (κ1) is 10.1. The average molecular weight is 189 g/mol. The summed E-state index contributed by atoms with van der Waals surface area (Å²) in [6.45, 7) is 1.61. The van der Waals surface area contributed by atoms with E-state index in [0.717, 1.165) is 0 Å². The van der Waals surface area contributed by atoms with Gasteiger partial charge in [-0.3, -0.25) is 0 Å². The minimum absolute atomic E-state index is 0.134. The number of aryl methyl sites for hydroxylation is 1. The van der Waals surface area contributed by atoms with Gasteiger partial charge in [0.1, 0.15) is 6.04 Å². The molecular formula is C9H10F3N. The summed E-state index contributed by atoms with van der Waals surface area (Å²) in [6.07, 6.45) is -4.37. The van der Waals surface area contributed by atoms with E-state index in [1.807, 2.05) is 0 Å². The van der Waals surface area contributed by atoms with Gasteiger partial charge in [0.05, 0.1) is 0 Å². The van der Waals surface area contributed by atoms with E-state index in [1.54, 1.807) is 25.1 Å². The second kappa shape index (κ2) is 3.38. The SMILES string of the molecule is Cc1ccccc1C(N)C(F)(F)F. The summed E-state index contributed by atoms with van der Waals surface area (Å²) in [6, 6.07) is 4.36. The quantitative estimate of drug-likeness (QED) is 0.721. The summed E-state index contributed by atoms with van der Waals surface area (Å²) in [7, 11) is 0. The van der Waals surface area contributed by atoms with Crippen molar-refractivity contribution in [2.75, 3.05) is 0 Å². The molecule has 0 aromatic heterocycles. The van der Waals surface area contributed by atoms with Gasteiger partial charge in [0.25, 0.3) is 0 Å². The van der Waals surface area contributed by atoms with E-state index in [1.165, 1.54) is 6.07 Å². The molecule has 0 spiro atoms. The van der Waals surface area contributed by atoms with Gasteiger partial charge in [-0.25, -0.2) is 0 Å². The van der Waals surface area contributed by atoms with Gasteiger partial charge in [-0.2, -0.15) is 13.2 Å². The zero-order valence-corrected chi connectivity index (χ0v) is 7.10. The van der Waals surface area contributed by atoms with E-state index in [4.69, 9.17) is 5.73 Å². The van der Waals surface area contributed by atoms with E-state index in [2.05, 4.69) is 0 Å². The number of halogens is 3. The Hall–Kier alpha value is -1.03. The molecule has 0 radical (unpaired) electrons. The highest BCUT2D eigenvalue weighted by Crippen LogP contribution is 2.31. The fourth-order valence-electron chi connectivity index (χ4n) is 1.11. The van der Waals surface area contributed by atoms with Crippen LogP contribution >= 0.6 is 0 Å². The van der Waals surface area contributed by atoms with Gasteiger partial charge in [-0.1, -0.05) is 24.3 Å². The lowest BCUT2D eigenvalue weighted by Gasteiger charge is -2.17. The summed E-state index contributed by atoms with van der Waals surface area (Å²) < 4.78 is 36.6. The second-order valence-electron chi connectivity index (χ2n) is 2.88. The van der Waals surface area contributed by atoms with Gasteiger partial charge < -0.3 is 5.73 Å². The van der Waals surface area contributed by atoms with Crippen LogP contribution in [0.25, 0.3) is 0 Å². The molecule has 1 unspecified atom stereocenters. The molecule has 1 rings (SSSR count). The third-order valence-electron chi connectivity index (χ3n) is 1.88. The van der Waals surface area contributed by atoms with Gasteiger partial charge in [0.2, 0.25) is 0 Å². The molecule has 4 heteroatoms. The molecule has 72 valence electrons. The molecule has 0 aliphatic rings. The van der Waals surface area contributed by atoms with Crippen molar-refractivity contribution in [2.24, 2.45) is 5.73 Å². The van der Waals surface area contributed by atoms with E-state index in [9.17, 15) is 13.2 Å². The number of rotatable bonds is 1. The van der Waals surface area contributed by atoms with E-state index < -0.39 is 12.2 Å². The van der Waals surface area contributed by atoms with Crippen LogP contribution in [0.4, 0.5) is 13.2 Å². The monoisotopic (exact) mass is 189 g/mol. The Morgan fingerprint density at radius 3 is 2.23 bits per heavy atom. The largest absolute Gasteiger partial charge is 0.407 e. The molecule has 1 aromatic carbocycles. The van der Waals surface area contributed by atoms with E-state index in [0.29, 0.717) is 5.56 Å². The molecule has 0 heterocycles. The first-order valence-electron chi connectivity index (χ1n) is 3.80. The third kappa shape index (κ3) is 2.21. The topological polar surface area (TPSA) is 26.0 Å². The zero-order valence-electron chi connectivity index (χ0n) is 7.10. The Morgan fingerprint density at radius 2 is 1.77 bits per heavy atom. The molecule has 1 aromatic rings. The minimum atomic E-state index is -4.37. The van der Waals surface area contributed by atoms with Crippen LogP contribution in [0.15, 0.2) is 24.3 Å². The highest BCUT2D eigenvalue weighted by molar-refractivity contribution is 5.29. The maximum atomic E-state index is 12.2. The third-order valence-corrected chi connectivity index (χ3v) is 1.88. The van der Waals surface area contributed by atoms with Crippen LogP contribution in [0.1, 0.15) is 17.2 Å². The summed E-state index contributed by atoms with van der Waals surface area (Å²) in [4.78, 5) is 0. The molecular weight excluding hydrogens is 179 g/mol. The van der Waals surface area contributed by atoms with E-state index >= 15 is 0 Å². The Morgan fingerprint density at radius 1 is 1.23 bits per heavy atom. The van der Waals surface area contributed by atoms with Crippen molar-refractivity contribution in [3.05, 3.63) is 35.4 Å². The van der Waals surface area contributed by atoms with E-state index in [-0.39, 0.29) is 5.56 Å². The normalized spacial score (nSPS) is 14.2. The molecule has 0 saturated carbocycles. The van der Waals surface area contributed by atoms with Gasteiger partial charge in [-0.15, -0.1) is 0 Å². The first-order valence-corrected chi connectivity index (χ1v) is 3.80. The Labute approximate surface area is 74.4 Å². The Balaban J connectivity index is 3.02. The molecule has 0 bridgehead atoms. The molecule has 1 nitrogen and oxygen atoms in total.